The molecule has 2 aromatic rings. The van der Waals surface area contributed by atoms with Crippen molar-refractivity contribution in [2.24, 2.45) is 0 Å². The fraction of sp³-hybridized carbons (Fsp3) is 0.381. The molecule has 1 fully saturated rings. The van der Waals surface area contributed by atoms with Crippen molar-refractivity contribution in [2.75, 3.05) is 0 Å². The van der Waals surface area contributed by atoms with E-state index in [4.69, 9.17) is 0 Å². The third-order valence-corrected chi connectivity index (χ3v) is 5.83. The van der Waals surface area contributed by atoms with Crippen LogP contribution in [-0.2, 0) is 16.6 Å². The van der Waals surface area contributed by atoms with Crippen LogP contribution in [0.1, 0.15) is 42.9 Å². The highest BCUT2D eigenvalue weighted by Crippen LogP contribution is 2.51. The molecule has 2 nitrogen and oxygen atoms in total. The van der Waals surface area contributed by atoms with Crippen LogP contribution >= 0.6 is 15.9 Å². The molecule has 1 saturated carbocycles. The summed E-state index contributed by atoms with van der Waals surface area (Å²) in [6, 6.07) is 17.0. The fourth-order valence-electron chi connectivity index (χ4n) is 3.48. The number of amides is 1. The van der Waals surface area contributed by atoms with E-state index >= 15 is 0 Å². The Labute approximate surface area is 152 Å². The molecule has 1 amide bonds. The van der Waals surface area contributed by atoms with Crippen molar-refractivity contribution in [3.05, 3.63) is 69.7 Å². The maximum absolute atomic E-state index is 12.4. The zero-order chi connectivity index (χ0) is 17.2. The highest BCUT2D eigenvalue weighted by molar-refractivity contribution is 9.10. The number of aryl methyl sites for hydroxylation is 2. The second-order valence-electron chi connectivity index (χ2n) is 6.88. The molecule has 1 N–H and O–H groups in total. The quantitative estimate of drug-likeness (QED) is 0.750. The zero-order valence-electron chi connectivity index (χ0n) is 14.3. The van der Waals surface area contributed by atoms with Crippen LogP contribution in [0, 0.1) is 6.92 Å². The van der Waals surface area contributed by atoms with E-state index in [2.05, 4.69) is 71.5 Å². The normalized spacial score (nSPS) is 16.5. The standard InChI is InChI=1S/C21H24BrNO/c1-15-5-3-4-6-17(15)7-12-20(24)23-16(2)21(13-14-21)18-8-10-19(22)11-9-18/h3-6,8-11,16H,7,12-14H2,1-2H3,(H,23,24). The first kappa shape index (κ1) is 17.2. The lowest BCUT2D eigenvalue weighted by molar-refractivity contribution is -0.121. The van der Waals surface area contributed by atoms with Crippen LogP contribution in [0.5, 0.6) is 0 Å². The van der Waals surface area contributed by atoms with Crippen LogP contribution in [0.25, 0.3) is 0 Å². The number of halogens is 1. The van der Waals surface area contributed by atoms with Gasteiger partial charge in [-0.05, 0) is 61.9 Å². The van der Waals surface area contributed by atoms with E-state index < -0.39 is 0 Å². The van der Waals surface area contributed by atoms with Gasteiger partial charge in [0.15, 0.2) is 0 Å². The van der Waals surface area contributed by atoms with Crippen LogP contribution in [0.4, 0.5) is 0 Å². The average Bonchev–Trinajstić information content (AvgIpc) is 3.36. The van der Waals surface area contributed by atoms with E-state index in [-0.39, 0.29) is 17.4 Å². The summed E-state index contributed by atoms with van der Waals surface area (Å²) in [4.78, 5) is 12.4. The number of benzene rings is 2. The molecule has 0 spiro atoms. The molecule has 126 valence electrons. The van der Waals surface area contributed by atoms with Gasteiger partial charge >= 0.3 is 0 Å². The molecule has 0 saturated heterocycles. The van der Waals surface area contributed by atoms with Gasteiger partial charge in [0.05, 0.1) is 0 Å². The second-order valence-corrected chi connectivity index (χ2v) is 7.79. The summed E-state index contributed by atoms with van der Waals surface area (Å²) in [6.07, 6.45) is 3.64. The van der Waals surface area contributed by atoms with E-state index in [0.29, 0.717) is 6.42 Å². The Morgan fingerprint density at radius 2 is 1.83 bits per heavy atom. The molecule has 0 radical (unpaired) electrons. The molecule has 0 heterocycles. The molecule has 0 aliphatic heterocycles. The number of hydrogen-bond acceptors (Lipinski definition) is 1. The number of carbonyl (C=O) groups excluding carboxylic acids is 1. The monoisotopic (exact) mass is 385 g/mol. The minimum atomic E-state index is 0.124. The van der Waals surface area contributed by atoms with Crippen LogP contribution in [0.15, 0.2) is 53.0 Å². The SMILES string of the molecule is Cc1ccccc1CCC(=O)NC(C)C1(c2ccc(Br)cc2)CC1. The van der Waals surface area contributed by atoms with Gasteiger partial charge in [-0.25, -0.2) is 0 Å². The molecule has 1 atom stereocenters. The first-order valence-electron chi connectivity index (χ1n) is 8.61. The predicted octanol–water partition coefficient (Wildman–Crippen LogP) is 4.93. The van der Waals surface area contributed by atoms with Crippen molar-refractivity contribution in [1.82, 2.24) is 5.32 Å². The van der Waals surface area contributed by atoms with Gasteiger partial charge in [0.2, 0.25) is 5.91 Å². The molecular weight excluding hydrogens is 362 g/mol. The van der Waals surface area contributed by atoms with Crippen molar-refractivity contribution in [3.8, 4) is 0 Å². The summed E-state index contributed by atoms with van der Waals surface area (Å²) >= 11 is 3.49. The Morgan fingerprint density at radius 3 is 2.46 bits per heavy atom. The Kier molecular flexibility index (Phi) is 5.09. The lowest BCUT2D eigenvalue weighted by Gasteiger charge is -2.25. The van der Waals surface area contributed by atoms with E-state index in [9.17, 15) is 4.79 Å². The van der Waals surface area contributed by atoms with Crippen molar-refractivity contribution < 1.29 is 4.79 Å². The van der Waals surface area contributed by atoms with Crippen LogP contribution in [-0.4, -0.2) is 11.9 Å². The van der Waals surface area contributed by atoms with Gasteiger partial charge in [-0.3, -0.25) is 4.79 Å². The Hall–Kier alpha value is -1.61. The van der Waals surface area contributed by atoms with E-state index in [1.54, 1.807) is 0 Å². The van der Waals surface area contributed by atoms with E-state index in [1.165, 1.54) is 16.7 Å². The maximum Gasteiger partial charge on any atom is 0.220 e. The molecule has 3 heteroatoms. The highest BCUT2D eigenvalue weighted by atomic mass is 79.9. The number of rotatable bonds is 6. The van der Waals surface area contributed by atoms with Gasteiger partial charge in [0.1, 0.15) is 0 Å². The largest absolute Gasteiger partial charge is 0.353 e. The first-order valence-corrected chi connectivity index (χ1v) is 9.40. The lowest BCUT2D eigenvalue weighted by Crippen LogP contribution is -2.41. The maximum atomic E-state index is 12.4. The summed E-state index contributed by atoms with van der Waals surface area (Å²) in [5.74, 6) is 0.147. The van der Waals surface area contributed by atoms with Gasteiger partial charge < -0.3 is 5.32 Å². The minimum absolute atomic E-state index is 0.124. The molecule has 0 aromatic heterocycles. The van der Waals surface area contributed by atoms with Crippen molar-refractivity contribution >= 4 is 21.8 Å². The number of carbonyl (C=O) groups is 1. The van der Waals surface area contributed by atoms with Gasteiger partial charge in [0, 0.05) is 22.4 Å². The summed E-state index contributed by atoms with van der Waals surface area (Å²) in [6.45, 7) is 4.24. The van der Waals surface area contributed by atoms with Crippen LogP contribution in [0.2, 0.25) is 0 Å². The first-order chi connectivity index (χ1) is 11.5. The molecule has 0 bridgehead atoms. The van der Waals surface area contributed by atoms with Crippen LogP contribution < -0.4 is 5.32 Å². The molecule has 2 aromatic carbocycles. The van der Waals surface area contributed by atoms with Gasteiger partial charge in [0.25, 0.3) is 0 Å². The highest BCUT2D eigenvalue weighted by Gasteiger charge is 2.49. The Morgan fingerprint density at radius 1 is 1.17 bits per heavy atom. The number of nitrogens with one attached hydrogen (secondary N) is 1. The summed E-state index contributed by atoms with van der Waals surface area (Å²) < 4.78 is 1.09. The molecular formula is C21H24BrNO. The van der Waals surface area contributed by atoms with E-state index in [0.717, 1.165) is 23.7 Å². The molecule has 3 rings (SSSR count). The topological polar surface area (TPSA) is 29.1 Å². The summed E-state index contributed by atoms with van der Waals surface area (Å²) in [5.41, 5.74) is 3.97. The lowest BCUT2D eigenvalue weighted by atomic mass is 9.89. The molecule has 1 aliphatic carbocycles. The summed E-state index contributed by atoms with van der Waals surface area (Å²) in [5, 5.41) is 3.23. The molecule has 24 heavy (non-hydrogen) atoms. The van der Waals surface area contributed by atoms with Gasteiger partial charge in [-0.15, -0.1) is 0 Å². The second kappa shape index (κ2) is 7.10. The minimum Gasteiger partial charge on any atom is -0.353 e. The van der Waals surface area contributed by atoms with Crippen LogP contribution in [0.3, 0.4) is 0 Å². The van der Waals surface area contributed by atoms with Crippen molar-refractivity contribution in [2.45, 2.75) is 51.0 Å². The third kappa shape index (κ3) is 3.72. The third-order valence-electron chi connectivity index (χ3n) is 5.30. The zero-order valence-corrected chi connectivity index (χ0v) is 15.9. The Bertz CT molecular complexity index is 719. The van der Waals surface area contributed by atoms with Gasteiger partial charge in [-0.2, -0.15) is 0 Å². The van der Waals surface area contributed by atoms with Crippen molar-refractivity contribution in [3.63, 3.8) is 0 Å². The fourth-order valence-corrected chi connectivity index (χ4v) is 3.74. The predicted molar refractivity (Wildman–Crippen MR) is 102 cm³/mol. The molecule has 1 aliphatic rings. The Balaban J connectivity index is 1.58. The number of hydrogen-bond donors (Lipinski definition) is 1. The van der Waals surface area contributed by atoms with Crippen molar-refractivity contribution in [1.29, 1.82) is 0 Å². The smallest absolute Gasteiger partial charge is 0.220 e. The average molecular weight is 386 g/mol. The van der Waals surface area contributed by atoms with E-state index in [1.807, 2.05) is 12.1 Å². The molecule has 1 unspecified atom stereocenters. The van der Waals surface area contributed by atoms with Gasteiger partial charge in [-0.1, -0.05) is 52.3 Å². The summed E-state index contributed by atoms with van der Waals surface area (Å²) in [7, 11) is 0.